The lowest BCUT2D eigenvalue weighted by atomic mass is 10.1. The van der Waals surface area contributed by atoms with E-state index in [1.54, 1.807) is 42.6 Å². The van der Waals surface area contributed by atoms with Gasteiger partial charge in [0.05, 0.1) is 42.1 Å². The molecule has 2 aromatic carbocycles. The minimum atomic E-state index is -0.605. The van der Waals surface area contributed by atoms with Crippen LogP contribution in [0.15, 0.2) is 42.6 Å². The molecule has 0 bridgehead atoms. The summed E-state index contributed by atoms with van der Waals surface area (Å²) in [5, 5.41) is 7.86. The number of thiocarbonyl (C=S) groups is 1. The number of nitrogens with one attached hydrogen (secondary N) is 2. The lowest BCUT2D eigenvalue weighted by Crippen LogP contribution is -2.42. The fourth-order valence-corrected chi connectivity index (χ4v) is 4.14. The third-order valence-electron chi connectivity index (χ3n) is 5.52. The Kier molecular flexibility index (Phi) is 8.19. The third kappa shape index (κ3) is 6.29. The first-order chi connectivity index (χ1) is 16.9. The standard InChI is InChI=1S/C24H26ClN5O4S/c1-32-22-14-20-16(13-17(22)23(26)31)21(4-5-27-20)34-15-2-3-19(18(25)12-15)29-24(35)28-6-7-30-8-10-33-11-9-30/h2-5,12-14H,6-11H2,1H3,(H2,26,31)(H2,28,29,35). The number of hydrogen-bond acceptors (Lipinski definition) is 7. The Morgan fingerprint density at radius 2 is 2.03 bits per heavy atom. The van der Waals surface area contributed by atoms with Gasteiger partial charge in [0, 0.05) is 49.9 Å². The molecule has 1 saturated heterocycles. The van der Waals surface area contributed by atoms with E-state index >= 15 is 0 Å². The molecular formula is C24H26ClN5O4S. The number of carbonyl (C=O) groups excluding carboxylic acids is 1. The molecule has 0 saturated carbocycles. The number of methoxy groups -OCH3 is 1. The molecule has 0 spiro atoms. The van der Waals surface area contributed by atoms with Gasteiger partial charge in [-0.3, -0.25) is 14.7 Å². The molecule has 4 N–H and O–H groups in total. The Balaban J connectivity index is 1.42. The number of aromatic nitrogens is 1. The van der Waals surface area contributed by atoms with Gasteiger partial charge in [-0.05, 0) is 36.5 Å². The number of hydrogen-bond donors (Lipinski definition) is 3. The molecule has 0 unspecified atom stereocenters. The van der Waals surface area contributed by atoms with E-state index in [1.807, 2.05) is 0 Å². The number of nitrogens with two attached hydrogens (primary N) is 1. The summed E-state index contributed by atoms with van der Waals surface area (Å²) in [4.78, 5) is 18.5. The summed E-state index contributed by atoms with van der Waals surface area (Å²) in [6.45, 7) is 5.00. The highest BCUT2D eigenvalue weighted by Gasteiger charge is 2.15. The highest BCUT2D eigenvalue weighted by molar-refractivity contribution is 7.80. The second-order valence-electron chi connectivity index (χ2n) is 7.82. The fourth-order valence-electron chi connectivity index (χ4n) is 3.71. The van der Waals surface area contributed by atoms with E-state index in [-0.39, 0.29) is 5.56 Å². The molecule has 1 amide bonds. The van der Waals surface area contributed by atoms with Crippen molar-refractivity contribution >= 4 is 51.4 Å². The number of carbonyl (C=O) groups is 1. The molecule has 1 aliphatic heterocycles. The zero-order chi connectivity index (χ0) is 24.8. The fraction of sp³-hybridized carbons (Fsp3) is 0.292. The molecular weight excluding hydrogens is 490 g/mol. The van der Waals surface area contributed by atoms with Gasteiger partial charge in [-0.2, -0.15) is 0 Å². The van der Waals surface area contributed by atoms with Gasteiger partial charge in [-0.1, -0.05) is 11.6 Å². The van der Waals surface area contributed by atoms with Gasteiger partial charge >= 0.3 is 0 Å². The lowest BCUT2D eigenvalue weighted by molar-refractivity contribution is 0.0389. The van der Waals surface area contributed by atoms with Crippen LogP contribution < -0.4 is 25.8 Å². The quantitative estimate of drug-likeness (QED) is 0.388. The molecule has 9 nitrogen and oxygen atoms in total. The highest BCUT2D eigenvalue weighted by Crippen LogP contribution is 2.35. The normalized spacial score (nSPS) is 13.9. The maximum Gasteiger partial charge on any atom is 0.252 e. The predicted molar refractivity (Wildman–Crippen MR) is 140 cm³/mol. The van der Waals surface area contributed by atoms with Crippen LogP contribution in [0.5, 0.6) is 17.2 Å². The second kappa shape index (κ2) is 11.5. The van der Waals surface area contributed by atoms with Gasteiger partial charge in [0.2, 0.25) is 0 Å². The van der Waals surface area contributed by atoms with Crippen LogP contribution in [0.1, 0.15) is 10.4 Å². The van der Waals surface area contributed by atoms with Gasteiger partial charge in [0.25, 0.3) is 5.91 Å². The van der Waals surface area contributed by atoms with E-state index < -0.39 is 5.91 Å². The number of amides is 1. The average Bonchev–Trinajstić information content (AvgIpc) is 2.85. The van der Waals surface area contributed by atoms with Crippen molar-refractivity contribution in [3.63, 3.8) is 0 Å². The smallest absolute Gasteiger partial charge is 0.252 e. The predicted octanol–water partition coefficient (Wildman–Crippen LogP) is 3.41. The van der Waals surface area contributed by atoms with Crippen LogP contribution in [0.4, 0.5) is 5.69 Å². The number of primary amides is 1. The number of rotatable bonds is 8. The first kappa shape index (κ1) is 24.9. The number of pyridine rings is 1. The summed E-state index contributed by atoms with van der Waals surface area (Å²) in [7, 11) is 1.47. The van der Waals surface area contributed by atoms with Crippen molar-refractivity contribution in [2.24, 2.45) is 5.73 Å². The van der Waals surface area contributed by atoms with Crippen molar-refractivity contribution in [1.82, 2.24) is 15.2 Å². The first-order valence-corrected chi connectivity index (χ1v) is 11.8. The van der Waals surface area contributed by atoms with Crippen LogP contribution in [0.2, 0.25) is 5.02 Å². The first-order valence-electron chi connectivity index (χ1n) is 11.0. The van der Waals surface area contributed by atoms with E-state index in [0.29, 0.717) is 44.0 Å². The van der Waals surface area contributed by atoms with Gasteiger partial charge in [0.15, 0.2) is 5.11 Å². The number of halogens is 1. The van der Waals surface area contributed by atoms with E-state index in [0.717, 1.165) is 39.4 Å². The summed E-state index contributed by atoms with van der Waals surface area (Å²) in [5.41, 5.74) is 7.00. The van der Waals surface area contributed by atoms with Crippen LogP contribution in [-0.4, -0.2) is 67.4 Å². The molecule has 1 aromatic heterocycles. The monoisotopic (exact) mass is 515 g/mol. The van der Waals surface area contributed by atoms with Crippen molar-refractivity contribution < 1.29 is 19.0 Å². The zero-order valence-corrected chi connectivity index (χ0v) is 20.7. The van der Waals surface area contributed by atoms with Crippen molar-refractivity contribution in [3.05, 3.63) is 53.2 Å². The average molecular weight is 516 g/mol. The summed E-state index contributed by atoms with van der Waals surface area (Å²) < 4.78 is 16.7. The molecule has 1 aliphatic rings. The maximum absolute atomic E-state index is 11.8. The lowest BCUT2D eigenvalue weighted by Gasteiger charge is -2.26. The molecule has 2 heterocycles. The Labute approximate surface area is 213 Å². The van der Waals surface area contributed by atoms with E-state index in [4.69, 9.17) is 43.8 Å². The molecule has 184 valence electrons. The topological polar surface area (TPSA) is 111 Å². The number of morpholine rings is 1. The van der Waals surface area contributed by atoms with Crippen molar-refractivity contribution in [2.45, 2.75) is 0 Å². The Morgan fingerprint density at radius 1 is 1.23 bits per heavy atom. The Hall–Kier alpha value is -3.18. The van der Waals surface area contributed by atoms with E-state index in [2.05, 4.69) is 20.5 Å². The van der Waals surface area contributed by atoms with Crippen LogP contribution in [0.25, 0.3) is 10.9 Å². The second-order valence-corrected chi connectivity index (χ2v) is 8.64. The van der Waals surface area contributed by atoms with Crippen LogP contribution >= 0.6 is 23.8 Å². The molecule has 0 aliphatic carbocycles. The minimum Gasteiger partial charge on any atom is -0.496 e. The third-order valence-corrected chi connectivity index (χ3v) is 6.08. The van der Waals surface area contributed by atoms with Gasteiger partial charge in [-0.15, -0.1) is 0 Å². The number of nitrogens with zero attached hydrogens (tertiary/aromatic N) is 2. The van der Waals surface area contributed by atoms with Crippen LogP contribution in [0.3, 0.4) is 0 Å². The minimum absolute atomic E-state index is 0.241. The largest absolute Gasteiger partial charge is 0.496 e. The van der Waals surface area contributed by atoms with Crippen LogP contribution in [0, 0.1) is 0 Å². The van der Waals surface area contributed by atoms with Gasteiger partial charge in [0.1, 0.15) is 17.2 Å². The molecule has 35 heavy (non-hydrogen) atoms. The van der Waals surface area contributed by atoms with Gasteiger partial charge < -0.3 is 30.6 Å². The highest BCUT2D eigenvalue weighted by atomic mass is 35.5. The summed E-state index contributed by atoms with van der Waals surface area (Å²) in [6, 6.07) is 10.2. The summed E-state index contributed by atoms with van der Waals surface area (Å²) in [6.07, 6.45) is 1.61. The summed E-state index contributed by atoms with van der Waals surface area (Å²) >= 11 is 11.9. The van der Waals surface area contributed by atoms with Crippen molar-refractivity contribution in [3.8, 4) is 17.2 Å². The number of ether oxygens (including phenoxy) is 3. The number of fused-ring (bicyclic) bond motifs is 1. The molecule has 0 atom stereocenters. The SMILES string of the molecule is COc1cc2nccc(Oc3ccc(NC(=S)NCCN4CCOCC4)c(Cl)c3)c2cc1C(N)=O. The molecule has 0 radical (unpaired) electrons. The van der Waals surface area contributed by atoms with Crippen molar-refractivity contribution in [2.75, 3.05) is 51.8 Å². The number of anilines is 1. The molecule has 1 fully saturated rings. The van der Waals surface area contributed by atoms with Gasteiger partial charge in [-0.25, -0.2) is 0 Å². The maximum atomic E-state index is 11.8. The summed E-state index contributed by atoms with van der Waals surface area (Å²) in [5.74, 6) is 0.752. The Morgan fingerprint density at radius 3 is 2.74 bits per heavy atom. The number of benzene rings is 2. The van der Waals surface area contributed by atoms with Crippen molar-refractivity contribution in [1.29, 1.82) is 0 Å². The van der Waals surface area contributed by atoms with E-state index in [1.165, 1.54) is 7.11 Å². The molecule has 4 rings (SSSR count). The van der Waals surface area contributed by atoms with Crippen LogP contribution in [-0.2, 0) is 4.74 Å². The van der Waals surface area contributed by atoms with E-state index in [9.17, 15) is 4.79 Å². The zero-order valence-electron chi connectivity index (χ0n) is 19.2. The molecule has 3 aromatic rings. The Bertz CT molecular complexity index is 1240. The molecule has 11 heteroatoms.